The number of methoxy groups -OCH3 is 1. The Labute approximate surface area is 244 Å². The molecule has 0 atom stereocenters. The molecular formula is C31H34N8O3. The van der Waals surface area contributed by atoms with Gasteiger partial charge < -0.3 is 20.1 Å². The highest BCUT2D eigenvalue weighted by molar-refractivity contribution is 5.89. The van der Waals surface area contributed by atoms with Crippen molar-refractivity contribution in [2.75, 3.05) is 20.3 Å². The maximum absolute atomic E-state index is 12.4. The number of carbonyl (C=O) groups is 1. The molecule has 0 amide bonds. The monoisotopic (exact) mass is 566 g/mol. The zero-order chi connectivity index (χ0) is 29.3. The summed E-state index contributed by atoms with van der Waals surface area (Å²) >= 11 is 0. The Bertz CT molecular complexity index is 1620. The smallest absolute Gasteiger partial charge is 0.311 e. The fourth-order valence-corrected chi connectivity index (χ4v) is 6.35. The standard InChI is InChI=1S/C31H34N8O3/c1-20(33-16-22-4-5-26-24(14-22)37-27(17-42-26)35-19-32)23-15-25(39-28(38-23)6-13-36-39)21(2)34-18-30-7-10-31(11-8-30,12-9-30)29(40)41-3/h4-6,13-15,33-34H,1-2,7-12,16-18H2,3H3,(H,35,37). The van der Waals surface area contributed by atoms with E-state index in [1.54, 1.807) is 10.7 Å². The average molecular weight is 567 g/mol. The second kappa shape index (κ2) is 10.9. The van der Waals surface area contributed by atoms with Crippen LogP contribution in [-0.2, 0) is 16.1 Å². The van der Waals surface area contributed by atoms with Crippen molar-refractivity contribution in [3.8, 4) is 11.9 Å². The van der Waals surface area contributed by atoms with Gasteiger partial charge in [0, 0.05) is 19.2 Å². The number of carbonyl (C=O) groups excluding carboxylic acids is 1. The van der Waals surface area contributed by atoms with Crippen molar-refractivity contribution < 1.29 is 14.3 Å². The number of aromatic nitrogens is 3. The summed E-state index contributed by atoms with van der Waals surface area (Å²) in [7, 11) is 1.49. The lowest BCUT2D eigenvalue weighted by molar-refractivity contribution is -0.162. The Hall–Kier alpha value is -4.85. The van der Waals surface area contributed by atoms with Crippen LogP contribution < -0.4 is 20.7 Å². The van der Waals surface area contributed by atoms with E-state index >= 15 is 0 Å². The Kier molecular flexibility index (Phi) is 7.06. The van der Waals surface area contributed by atoms with E-state index in [-0.39, 0.29) is 23.4 Å². The van der Waals surface area contributed by atoms with Crippen LogP contribution in [0.5, 0.6) is 5.75 Å². The molecule has 7 rings (SSSR count). The summed E-state index contributed by atoms with van der Waals surface area (Å²) < 4.78 is 12.6. The van der Waals surface area contributed by atoms with Crippen molar-refractivity contribution in [2.24, 2.45) is 15.8 Å². The molecule has 3 aromatic rings. The van der Waals surface area contributed by atoms with Crippen molar-refractivity contribution in [1.82, 2.24) is 30.5 Å². The first-order valence-corrected chi connectivity index (χ1v) is 14.1. The van der Waals surface area contributed by atoms with Crippen LogP contribution in [0.25, 0.3) is 17.0 Å². The molecule has 1 aromatic carbocycles. The average Bonchev–Trinajstić information content (AvgIpc) is 3.51. The zero-order valence-corrected chi connectivity index (χ0v) is 23.7. The fraction of sp³-hybridized carbons (Fsp3) is 0.387. The van der Waals surface area contributed by atoms with Gasteiger partial charge in [0.05, 0.1) is 41.5 Å². The lowest BCUT2D eigenvalue weighted by atomic mass is 9.53. The van der Waals surface area contributed by atoms with Crippen molar-refractivity contribution >= 4 is 34.5 Å². The third-order valence-electron chi connectivity index (χ3n) is 9.02. The van der Waals surface area contributed by atoms with Crippen LogP contribution >= 0.6 is 0 Å². The summed E-state index contributed by atoms with van der Waals surface area (Å²) in [5.41, 5.74) is 5.13. The number of benzene rings is 1. The van der Waals surface area contributed by atoms with Crippen molar-refractivity contribution in [2.45, 2.75) is 45.1 Å². The molecule has 3 heterocycles. The van der Waals surface area contributed by atoms with Crippen molar-refractivity contribution in [3.63, 3.8) is 0 Å². The van der Waals surface area contributed by atoms with Gasteiger partial charge in [0.25, 0.3) is 0 Å². The van der Waals surface area contributed by atoms with Crippen molar-refractivity contribution in [3.05, 3.63) is 66.6 Å². The molecule has 1 aliphatic heterocycles. The minimum Gasteiger partial charge on any atom is -0.483 e. The molecule has 3 N–H and O–H groups in total. The summed E-state index contributed by atoms with van der Waals surface area (Å²) in [4.78, 5) is 21.6. The predicted octanol–water partition coefficient (Wildman–Crippen LogP) is 4.06. The van der Waals surface area contributed by atoms with Crippen LogP contribution in [-0.4, -0.2) is 46.7 Å². The summed E-state index contributed by atoms with van der Waals surface area (Å²) in [6.45, 7) is 10.1. The largest absolute Gasteiger partial charge is 0.483 e. The molecule has 3 aliphatic carbocycles. The van der Waals surface area contributed by atoms with E-state index in [2.05, 4.69) is 39.2 Å². The lowest BCUT2D eigenvalue weighted by Crippen LogP contribution is -2.49. The van der Waals surface area contributed by atoms with Gasteiger partial charge in [-0.25, -0.2) is 14.5 Å². The van der Waals surface area contributed by atoms with Crippen molar-refractivity contribution in [1.29, 1.82) is 5.26 Å². The summed E-state index contributed by atoms with van der Waals surface area (Å²) in [5, 5.41) is 22.9. The molecule has 0 spiro atoms. The maximum atomic E-state index is 12.4. The van der Waals surface area contributed by atoms with Gasteiger partial charge in [-0.1, -0.05) is 19.2 Å². The van der Waals surface area contributed by atoms with Crippen LogP contribution in [0.3, 0.4) is 0 Å². The molecular weight excluding hydrogens is 532 g/mol. The molecule has 4 aliphatic rings. The van der Waals surface area contributed by atoms with E-state index in [1.165, 1.54) is 7.11 Å². The molecule has 42 heavy (non-hydrogen) atoms. The first-order chi connectivity index (χ1) is 20.3. The van der Waals surface area contributed by atoms with Gasteiger partial charge in [-0.3, -0.25) is 10.1 Å². The van der Waals surface area contributed by atoms with E-state index in [0.717, 1.165) is 62.0 Å². The number of nitrogens with zero attached hydrogens (tertiary/aromatic N) is 5. The van der Waals surface area contributed by atoms with E-state index in [4.69, 9.17) is 19.7 Å². The van der Waals surface area contributed by atoms with Gasteiger partial charge in [0.1, 0.15) is 18.0 Å². The Morgan fingerprint density at radius 3 is 2.64 bits per heavy atom. The molecule has 3 saturated carbocycles. The number of amidine groups is 1. The molecule has 0 radical (unpaired) electrons. The third-order valence-corrected chi connectivity index (χ3v) is 9.02. The summed E-state index contributed by atoms with van der Waals surface area (Å²) in [6, 6.07) is 9.56. The second-order valence-electron chi connectivity index (χ2n) is 11.5. The number of hydrogen-bond acceptors (Lipinski definition) is 10. The van der Waals surface area contributed by atoms with Crippen LogP contribution in [0.1, 0.15) is 55.5 Å². The SMILES string of the molecule is C=C(NCc1ccc2c(c1)N=C(NC#N)CO2)c1cc(C(=C)NCC23CCC(C(=O)OC)(CC2)CC3)n2nccc2n1. The molecule has 11 heteroatoms. The molecule has 11 nitrogen and oxygen atoms in total. The van der Waals surface area contributed by atoms with E-state index in [1.807, 2.05) is 36.5 Å². The fourth-order valence-electron chi connectivity index (χ4n) is 6.35. The maximum Gasteiger partial charge on any atom is 0.311 e. The molecule has 2 aromatic heterocycles. The highest BCUT2D eigenvalue weighted by Gasteiger charge is 2.52. The van der Waals surface area contributed by atoms with Crippen LogP contribution in [0, 0.1) is 22.3 Å². The van der Waals surface area contributed by atoms with Gasteiger partial charge in [0.2, 0.25) is 0 Å². The Morgan fingerprint density at radius 2 is 1.90 bits per heavy atom. The quantitative estimate of drug-likeness (QED) is 0.199. The highest BCUT2D eigenvalue weighted by atomic mass is 16.5. The molecule has 216 valence electrons. The molecule has 2 bridgehead atoms. The number of aliphatic imine (C=N–C) groups is 1. The third kappa shape index (κ3) is 5.04. The van der Waals surface area contributed by atoms with Gasteiger partial charge >= 0.3 is 5.97 Å². The number of nitrogens with one attached hydrogen (secondary N) is 3. The molecule has 3 fully saturated rings. The van der Waals surface area contributed by atoms with Crippen LogP contribution in [0.15, 0.2) is 54.7 Å². The number of nitriles is 1. The first kappa shape index (κ1) is 27.3. The predicted molar refractivity (Wildman–Crippen MR) is 158 cm³/mol. The number of rotatable bonds is 9. The summed E-state index contributed by atoms with van der Waals surface area (Å²) in [5.74, 6) is 1.09. The van der Waals surface area contributed by atoms with Gasteiger partial charge in [-0.2, -0.15) is 10.4 Å². The minimum atomic E-state index is -0.292. The summed E-state index contributed by atoms with van der Waals surface area (Å²) in [6.07, 6.45) is 9.23. The number of hydrogen-bond donors (Lipinski definition) is 3. The topological polar surface area (TPSA) is 138 Å². The zero-order valence-electron chi connectivity index (χ0n) is 23.7. The Morgan fingerprint density at radius 1 is 1.12 bits per heavy atom. The van der Waals surface area contributed by atoms with E-state index < -0.39 is 0 Å². The van der Waals surface area contributed by atoms with Gasteiger partial charge in [-0.15, -0.1) is 0 Å². The van der Waals surface area contributed by atoms with Crippen LogP contribution in [0.4, 0.5) is 5.69 Å². The first-order valence-electron chi connectivity index (χ1n) is 14.1. The normalized spacial score (nSPS) is 22.2. The number of ether oxygens (including phenoxy) is 2. The van der Waals surface area contributed by atoms with Gasteiger partial charge in [-0.05, 0) is 67.7 Å². The second-order valence-corrected chi connectivity index (χ2v) is 11.5. The Balaban J connectivity index is 1.13. The minimum absolute atomic E-state index is 0.0522. The van der Waals surface area contributed by atoms with E-state index in [0.29, 0.717) is 40.9 Å². The van der Waals surface area contributed by atoms with Crippen LogP contribution in [0.2, 0.25) is 0 Å². The highest BCUT2D eigenvalue weighted by Crippen LogP contribution is 2.57. The van der Waals surface area contributed by atoms with E-state index in [9.17, 15) is 4.79 Å². The lowest BCUT2D eigenvalue weighted by Gasteiger charge is -2.52. The number of fused-ring (bicyclic) bond motifs is 5. The molecule has 0 unspecified atom stereocenters. The molecule has 0 saturated heterocycles. The van der Waals surface area contributed by atoms with Gasteiger partial charge in [0.15, 0.2) is 17.7 Å². The number of esters is 1.